The molecule has 0 spiro atoms. The zero-order valence-corrected chi connectivity index (χ0v) is 9.82. The van der Waals surface area contributed by atoms with E-state index in [-0.39, 0.29) is 0 Å². The van der Waals surface area contributed by atoms with Gasteiger partial charge in [0.1, 0.15) is 5.82 Å². The third-order valence-electron chi connectivity index (χ3n) is 3.40. The molecule has 0 saturated carbocycles. The molecular formula is C14H17N3. The molecule has 1 aromatic heterocycles. The van der Waals surface area contributed by atoms with E-state index in [1.165, 1.54) is 30.4 Å². The van der Waals surface area contributed by atoms with Crippen molar-refractivity contribution in [2.24, 2.45) is 0 Å². The highest BCUT2D eigenvalue weighted by atomic mass is 14.9. The molecule has 17 heavy (non-hydrogen) atoms. The van der Waals surface area contributed by atoms with Crippen LogP contribution in [0.3, 0.4) is 0 Å². The number of hydrogen-bond acceptors (Lipinski definition) is 2. The quantitative estimate of drug-likeness (QED) is 0.828. The van der Waals surface area contributed by atoms with Gasteiger partial charge < -0.3 is 10.3 Å². The maximum atomic E-state index is 4.36. The average molecular weight is 227 g/mol. The molecule has 3 rings (SSSR count). The second kappa shape index (κ2) is 4.72. The summed E-state index contributed by atoms with van der Waals surface area (Å²) in [4.78, 5) is 7.55. The third-order valence-corrected chi connectivity index (χ3v) is 3.40. The third kappa shape index (κ3) is 2.11. The van der Waals surface area contributed by atoms with Gasteiger partial charge in [0.2, 0.25) is 0 Å². The topological polar surface area (TPSA) is 40.7 Å². The van der Waals surface area contributed by atoms with Crippen LogP contribution in [0.25, 0.3) is 11.4 Å². The van der Waals surface area contributed by atoms with Crippen LogP contribution in [0.1, 0.15) is 30.9 Å². The zero-order chi connectivity index (χ0) is 11.5. The van der Waals surface area contributed by atoms with Crippen molar-refractivity contribution in [1.82, 2.24) is 15.3 Å². The predicted molar refractivity (Wildman–Crippen MR) is 68.6 cm³/mol. The van der Waals surface area contributed by atoms with E-state index in [0.717, 1.165) is 12.4 Å². The van der Waals surface area contributed by atoms with Gasteiger partial charge in [-0.2, -0.15) is 0 Å². The molecule has 1 atom stereocenters. The Morgan fingerprint density at radius 3 is 2.88 bits per heavy atom. The van der Waals surface area contributed by atoms with Gasteiger partial charge in [0, 0.05) is 24.0 Å². The number of imidazole rings is 1. The second-order valence-electron chi connectivity index (χ2n) is 4.53. The molecule has 2 heterocycles. The van der Waals surface area contributed by atoms with Crippen LogP contribution in [0.2, 0.25) is 0 Å². The lowest BCUT2D eigenvalue weighted by Gasteiger charge is -2.25. The monoisotopic (exact) mass is 227 g/mol. The van der Waals surface area contributed by atoms with Gasteiger partial charge in [0.25, 0.3) is 0 Å². The Hall–Kier alpha value is -1.61. The van der Waals surface area contributed by atoms with Crippen molar-refractivity contribution >= 4 is 0 Å². The molecule has 1 aliphatic rings. The van der Waals surface area contributed by atoms with Crippen LogP contribution in [0, 0.1) is 0 Å². The Bertz CT molecular complexity index is 470. The molecular weight excluding hydrogens is 210 g/mol. The largest absolute Gasteiger partial charge is 0.345 e. The smallest absolute Gasteiger partial charge is 0.137 e. The number of aromatic nitrogens is 2. The van der Waals surface area contributed by atoms with Crippen molar-refractivity contribution in [2.45, 2.75) is 25.3 Å². The van der Waals surface area contributed by atoms with E-state index in [1.54, 1.807) is 6.20 Å². The molecule has 1 aromatic carbocycles. The van der Waals surface area contributed by atoms with Crippen molar-refractivity contribution < 1.29 is 0 Å². The van der Waals surface area contributed by atoms with E-state index in [2.05, 4.69) is 39.6 Å². The van der Waals surface area contributed by atoms with Crippen molar-refractivity contribution in [3.63, 3.8) is 0 Å². The van der Waals surface area contributed by atoms with E-state index in [0.29, 0.717) is 6.04 Å². The highest BCUT2D eigenvalue weighted by molar-refractivity contribution is 5.61. The van der Waals surface area contributed by atoms with E-state index in [1.807, 2.05) is 6.20 Å². The van der Waals surface area contributed by atoms with E-state index < -0.39 is 0 Å². The van der Waals surface area contributed by atoms with Gasteiger partial charge >= 0.3 is 0 Å². The van der Waals surface area contributed by atoms with Crippen molar-refractivity contribution in [3.05, 3.63) is 42.2 Å². The minimum atomic E-state index is 0.477. The number of H-pyrrole nitrogens is 1. The molecule has 1 fully saturated rings. The molecule has 1 saturated heterocycles. The lowest BCUT2D eigenvalue weighted by Crippen LogP contribution is -2.27. The molecule has 0 radical (unpaired) electrons. The van der Waals surface area contributed by atoms with Gasteiger partial charge in [-0.1, -0.05) is 30.7 Å². The fourth-order valence-electron chi connectivity index (χ4n) is 2.55. The molecule has 0 amide bonds. The first kappa shape index (κ1) is 10.5. The summed E-state index contributed by atoms with van der Waals surface area (Å²) in [7, 11) is 0. The van der Waals surface area contributed by atoms with Gasteiger partial charge in [-0.3, -0.25) is 0 Å². The van der Waals surface area contributed by atoms with Crippen LogP contribution in [0.5, 0.6) is 0 Å². The Kier molecular flexibility index (Phi) is 2.92. The number of aromatic amines is 1. The molecule has 3 nitrogen and oxygen atoms in total. The molecule has 3 heteroatoms. The number of hydrogen-bond donors (Lipinski definition) is 2. The number of nitrogens with zero attached hydrogens (tertiary/aromatic N) is 1. The standard InChI is InChI=1S/C14H17N3/c1-2-6-12(14-16-9-10-17-14)11(5-1)13-7-3-4-8-15-13/h1-2,5-6,9-10,13,15H,3-4,7-8H2,(H,16,17). The van der Waals surface area contributed by atoms with E-state index in [9.17, 15) is 0 Å². The van der Waals surface area contributed by atoms with Gasteiger partial charge in [0.05, 0.1) is 0 Å². The van der Waals surface area contributed by atoms with Crippen molar-refractivity contribution in [2.75, 3.05) is 6.54 Å². The Morgan fingerprint density at radius 1 is 1.18 bits per heavy atom. The number of nitrogens with one attached hydrogen (secondary N) is 2. The van der Waals surface area contributed by atoms with Crippen LogP contribution >= 0.6 is 0 Å². The van der Waals surface area contributed by atoms with Gasteiger partial charge in [-0.15, -0.1) is 0 Å². The predicted octanol–water partition coefficient (Wildman–Crippen LogP) is 2.89. The zero-order valence-electron chi connectivity index (χ0n) is 9.82. The molecule has 2 N–H and O–H groups in total. The Morgan fingerprint density at radius 2 is 2.12 bits per heavy atom. The van der Waals surface area contributed by atoms with Gasteiger partial charge in [-0.05, 0) is 24.9 Å². The van der Waals surface area contributed by atoms with Crippen LogP contribution < -0.4 is 5.32 Å². The summed E-state index contributed by atoms with van der Waals surface area (Å²) in [6.45, 7) is 1.12. The highest BCUT2D eigenvalue weighted by Crippen LogP contribution is 2.30. The summed E-state index contributed by atoms with van der Waals surface area (Å²) in [5.41, 5.74) is 2.58. The first-order chi connectivity index (χ1) is 8.45. The fraction of sp³-hybridized carbons (Fsp3) is 0.357. The van der Waals surface area contributed by atoms with Crippen molar-refractivity contribution in [1.29, 1.82) is 0 Å². The molecule has 88 valence electrons. The minimum absolute atomic E-state index is 0.477. The lowest BCUT2D eigenvalue weighted by atomic mass is 9.93. The molecule has 1 aliphatic heterocycles. The second-order valence-corrected chi connectivity index (χ2v) is 4.53. The van der Waals surface area contributed by atoms with Crippen molar-refractivity contribution in [3.8, 4) is 11.4 Å². The lowest BCUT2D eigenvalue weighted by molar-refractivity contribution is 0.413. The summed E-state index contributed by atoms with van der Waals surface area (Å²) in [5.74, 6) is 0.966. The van der Waals surface area contributed by atoms with Gasteiger partial charge in [0.15, 0.2) is 0 Å². The SMILES string of the molecule is c1ccc(C2CCCCN2)c(-c2ncc[nH]2)c1. The van der Waals surface area contributed by atoms with Crippen LogP contribution in [-0.2, 0) is 0 Å². The normalized spacial score (nSPS) is 20.4. The number of rotatable bonds is 2. The molecule has 1 unspecified atom stereocenters. The number of benzene rings is 1. The first-order valence-corrected chi connectivity index (χ1v) is 6.27. The minimum Gasteiger partial charge on any atom is -0.345 e. The summed E-state index contributed by atoms with van der Waals surface area (Å²) >= 11 is 0. The summed E-state index contributed by atoms with van der Waals surface area (Å²) in [6, 6.07) is 9.01. The van der Waals surface area contributed by atoms with Crippen LogP contribution in [0.4, 0.5) is 0 Å². The maximum Gasteiger partial charge on any atom is 0.137 e. The average Bonchev–Trinajstić information content (AvgIpc) is 2.94. The Labute approximate surface area is 101 Å². The molecule has 0 aliphatic carbocycles. The van der Waals surface area contributed by atoms with Crippen LogP contribution in [-0.4, -0.2) is 16.5 Å². The molecule has 0 bridgehead atoms. The summed E-state index contributed by atoms with van der Waals surface area (Å²) < 4.78 is 0. The van der Waals surface area contributed by atoms with Crippen LogP contribution in [0.15, 0.2) is 36.7 Å². The fourth-order valence-corrected chi connectivity index (χ4v) is 2.55. The Balaban J connectivity index is 1.98. The maximum absolute atomic E-state index is 4.36. The summed E-state index contributed by atoms with van der Waals surface area (Å²) in [6.07, 6.45) is 7.50. The molecule has 2 aromatic rings. The van der Waals surface area contributed by atoms with E-state index >= 15 is 0 Å². The van der Waals surface area contributed by atoms with Gasteiger partial charge in [-0.25, -0.2) is 4.98 Å². The first-order valence-electron chi connectivity index (χ1n) is 6.27. The van der Waals surface area contributed by atoms with E-state index in [4.69, 9.17) is 0 Å². The highest BCUT2D eigenvalue weighted by Gasteiger charge is 2.18. The summed E-state index contributed by atoms with van der Waals surface area (Å²) in [5, 5.41) is 3.60. The number of piperidine rings is 1.